The van der Waals surface area contributed by atoms with Gasteiger partial charge in [-0.1, -0.05) is 13.0 Å². The second kappa shape index (κ2) is 8.03. The fraction of sp³-hybridized carbons (Fsp3) is 0.278. The van der Waals surface area contributed by atoms with E-state index in [4.69, 9.17) is 4.42 Å². The minimum atomic E-state index is -0.214. The lowest BCUT2D eigenvalue weighted by Gasteiger charge is -2.20. The van der Waals surface area contributed by atoms with E-state index in [-0.39, 0.29) is 24.6 Å². The first-order valence-electron chi connectivity index (χ1n) is 8.72. The lowest BCUT2D eigenvalue weighted by molar-refractivity contribution is -0.132. The van der Waals surface area contributed by atoms with Crippen molar-refractivity contribution in [2.45, 2.75) is 26.4 Å². The summed E-state index contributed by atoms with van der Waals surface area (Å²) in [6, 6.07) is 5.54. The molecule has 0 spiro atoms. The summed E-state index contributed by atoms with van der Waals surface area (Å²) in [5.41, 5.74) is -0.214. The maximum absolute atomic E-state index is 12.8. The molecule has 0 radical (unpaired) electrons. The molecular weight excluding hydrogens is 398 g/mol. The maximum Gasteiger partial charge on any atom is 0.262 e. The quantitative estimate of drug-likeness (QED) is 0.461. The number of rotatable bonds is 7. The molecule has 8 nitrogen and oxygen atoms in total. The van der Waals surface area contributed by atoms with E-state index in [2.05, 4.69) is 15.2 Å². The van der Waals surface area contributed by atoms with Crippen LogP contribution in [-0.4, -0.2) is 37.1 Å². The van der Waals surface area contributed by atoms with Crippen molar-refractivity contribution in [2.75, 3.05) is 6.54 Å². The van der Waals surface area contributed by atoms with Gasteiger partial charge in [0.25, 0.3) is 11.4 Å². The van der Waals surface area contributed by atoms with Crippen molar-refractivity contribution in [2.24, 2.45) is 0 Å². The van der Waals surface area contributed by atoms with Crippen LogP contribution in [0.5, 0.6) is 0 Å². The number of hydrogen-bond acceptors (Lipinski definition) is 8. The largest absolute Gasteiger partial charge is 0.418 e. The van der Waals surface area contributed by atoms with Gasteiger partial charge in [-0.25, -0.2) is 4.98 Å². The fourth-order valence-corrected chi connectivity index (χ4v) is 4.16. The van der Waals surface area contributed by atoms with Gasteiger partial charge in [0.05, 0.1) is 23.1 Å². The van der Waals surface area contributed by atoms with Crippen LogP contribution >= 0.6 is 22.7 Å². The van der Waals surface area contributed by atoms with Crippen LogP contribution in [0.15, 0.2) is 44.5 Å². The Balaban J connectivity index is 1.51. The van der Waals surface area contributed by atoms with Crippen LogP contribution in [0, 0.1) is 0 Å². The van der Waals surface area contributed by atoms with E-state index in [1.54, 1.807) is 11.0 Å². The van der Waals surface area contributed by atoms with E-state index in [1.165, 1.54) is 33.6 Å². The topological polar surface area (TPSA) is 94.1 Å². The standard InChI is InChI=1S/C18H17N5O3S2/c1-2-6-22(9-14-20-21-16(26-14)13-4-3-7-27-13)15(24)10-23-11-19-17-12(18(23)25)5-8-28-17/h3-5,7-8,11H,2,6,9-10H2,1H3. The highest BCUT2D eigenvalue weighted by Gasteiger charge is 2.19. The van der Waals surface area contributed by atoms with Gasteiger partial charge in [-0.2, -0.15) is 0 Å². The third-order valence-corrected chi connectivity index (χ3v) is 5.81. The second-order valence-corrected chi connectivity index (χ2v) is 7.95. The number of carbonyl (C=O) groups excluding carboxylic acids is 1. The summed E-state index contributed by atoms with van der Waals surface area (Å²) < 4.78 is 7.03. The number of carbonyl (C=O) groups is 1. The molecule has 0 bridgehead atoms. The van der Waals surface area contributed by atoms with Crippen molar-refractivity contribution in [1.29, 1.82) is 0 Å². The first-order valence-corrected chi connectivity index (χ1v) is 10.5. The van der Waals surface area contributed by atoms with Gasteiger partial charge >= 0.3 is 0 Å². The van der Waals surface area contributed by atoms with E-state index < -0.39 is 0 Å². The highest BCUT2D eigenvalue weighted by Crippen LogP contribution is 2.23. The molecule has 0 fully saturated rings. The number of aromatic nitrogens is 4. The van der Waals surface area contributed by atoms with Crippen LogP contribution in [0.4, 0.5) is 0 Å². The summed E-state index contributed by atoms with van der Waals surface area (Å²) in [5, 5.41) is 12.4. The minimum Gasteiger partial charge on any atom is -0.418 e. The molecule has 0 saturated heterocycles. The van der Waals surface area contributed by atoms with Crippen LogP contribution < -0.4 is 5.56 Å². The molecule has 0 saturated carbocycles. The normalized spacial score (nSPS) is 11.2. The molecule has 4 rings (SSSR count). The summed E-state index contributed by atoms with van der Waals surface area (Å²) >= 11 is 2.91. The average Bonchev–Trinajstić information content (AvgIpc) is 3.44. The number of thiophene rings is 2. The molecule has 0 atom stereocenters. The minimum absolute atomic E-state index is 0.0798. The summed E-state index contributed by atoms with van der Waals surface area (Å²) in [5.74, 6) is 0.609. The Hall–Kier alpha value is -2.85. The van der Waals surface area contributed by atoms with Gasteiger partial charge in [0, 0.05) is 6.54 Å². The molecule has 28 heavy (non-hydrogen) atoms. The number of hydrogen-bond donors (Lipinski definition) is 0. The van der Waals surface area contributed by atoms with Gasteiger partial charge in [-0.15, -0.1) is 32.9 Å². The van der Waals surface area contributed by atoms with Crippen LogP contribution in [0.25, 0.3) is 21.0 Å². The monoisotopic (exact) mass is 415 g/mol. The Morgan fingerprint density at radius 2 is 2.14 bits per heavy atom. The van der Waals surface area contributed by atoms with Crippen LogP contribution in [0.1, 0.15) is 19.2 Å². The van der Waals surface area contributed by atoms with Crippen LogP contribution in [0.2, 0.25) is 0 Å². The Morgan fingerprint density at radius 1 is 1.25 bits per heavy atom. The van der Waals surface area contributed by atoms with Gasteiger partial charge in [0.2, 0.25) is 11.8 Å². The van der Waals surface area contributed by atoms with E-state index in [1.807, 2.05) is 29.8 Å². The van der Waals surface area contributed by atoms with Crippen molar-refractivity contribution in [3.8, 4) is 10.8 Å². The summed E-state index contributed by atoms with van der Waals surface area (Å²) in [4.78, 5) is 32.8. The number of fused-ring (bicyclic) bond motifs is 1. The van der Waals surface area contributed by atoms with Crippen molar-refractivity contribution < 1.29 is 9.21 Å². The molecule has 1 amide bonds. The van der Waals surface area contributed by atoms with Gasteiger partial charge in [0.15, 0.2) is 0 Å². The number of nitrogens with zero attached hydrogens (tertiary/aromatic N) is 5. The highest BCUT2D eigenvalue weighted by molar-refractivity contribution is 7.16. The first kappa shape index (κ1) is 18.5. The lowest BCUT2D eigenvalue weighted by Crippen LogP contribution is -2.36. The smallest absolute Gasteiger partial charge is 0.262 e. The molecule has 10 heteroatoms. The second-order valence-electron chi connectivity index (χ2n) is 6.11. The molecular formula is C18H17N5O3S2. The Kier molecular flexibility index (Phi) is 5.31. The van der Waals surface area contributed by atoms with Gasteiger partial charge in [-0.3, -0.25) is 14.2 Å². The van der Waals surface area contributed by atoms with Gasteiger partial charge in [0.1, 0.15) is 11.4 Å². The zero-order valence-electron chi connectivity index (χ0n) is 15.1. The van der Waals surface area contributed by atoms with Crippen molar-refractivity contribution in [1.82, 2.24) is 24.6 Å². The van der Waals surface area contributed by atoms with Crippen molar-refractivity contribution >= 4 is 38.8 Å². The SMILES string of the molecule is CCCN(Cc1nnc(-c2cccs2)o1)C(=O)Cn1cnc2sccc2c1=O. The zero-order valence-corrected chi connectivity index (χ0v) is 16.7. The molecule has 4 aromatic rings. The third-order valence-electron chi connectivity index (χ3n) is 4.13. The van der Waals surface area contributed by atoms with Gasteiger partial charge in [-0.05, 0) is 29.3 Å². The molecule has 0 unspecified atom stereocenters. The zero-order chi connectivity index (χ0) is 19.5. The molecule has 0 aliphatic heterocycles. The number of amides is 1. The Labute approximate surface area is 168 Å². The van der Waals surface area contributed by atoms with E-state index >= 15 is 0 Å². The van der Waals surface area contributed by atoms with Crippen molar-refractivity contribution in [3.05, 3.63) is 51.5 Å². The summed E-state index contributed by atoms with van der Waals surface area (Å²) in [7, 11) is 0. The molecule has 4 heterocycles. The van der Waals surface area contributed by atoms with E-state index in [0.717, 1.165) is 11.3 Å². The Morgan fingerprint density at radius 3 is 2.93 bits per heavy atom. The molecule has 4 aromatic heterocycles. The Bertz CT molecular complexity index is 1150. The van der Waals surface area contributed by atoms with Crippen LogP contribution in [0.3, 0.4) is 0 Å². The average molecular weight is 416 g/mol. The van der Waals surface area contributed by atoms with E-state index in [9.17, 15) is 9.59 Å². The summed E-state index contributed by atoms with van der Waals surface area (Å²) in [6.07, 6.45) is 2.19. The molecule has 0 aromatic carbocycles. The highest BCUT2D eigenvalue weighted by atomic mass is 32.1. The third kappa shape index (κ3) is 3.73. The molecule has 144 valence electrons. The predicted octanol–water partition coefficient (Wildman–Crippen LogP) is 3.01. The molecule has 0 aliphatic carbocycles. The lowest BCUT2D eigenvalue weighted by atomic mass is 10.3. The first-order chi connectivity index (χ1) is 13.7. The summed E-state index contributed by atoms with van der Waals surface area (Å²) in [6.45, 7) is 2.63. The van der Waals surface area contributed by atoms with Crippen molar-refractivity contribution in [3.63, 3.8) is 0 Å². The molecule has 0 aliphatic rings. The fourth-order valence-electron chi connectivity index (χ4n) is 2.79. The van der Waals surface area contributed by atoms with E-state index in [0.29, 0.717) is 28.5 Å². The van der Waals surface area contributed by atoms with Crippen LogP contribution in [-0.2, 0) is 17.9 Å². The molecule has 0 N–H and O–H groups in total. The maximum atomic E-state index is 12.8. The predicted molar refractivity (Wildman–Crippen MR) is 107 cm³/mol. The van der Waals surface area contributed by atoms with Gasteiger partial charge < -0.3 is 9.32 Å².